The van der Waals surface area contributed by atoms with Crippen LogP contribution in [0.25, 0.3) is 0 Å². The lowest BCUT2D eigenvalue weighted by molar-refractivity contribution is -0.116. The fraction of sp³-hybridized carbons (Fsp3) is 0.650. The third kappa shape index (κ3) is 4.97. The third-order valence-corrected chi connectivity index (χ3v) is 5.27. The average Bonchev–Trinajstić information content (AvgIpc) is 2.64. The number of anilines is 2. The van der Waals surface area contributed by atoms with Crippen molar-refractivity contribution in [2.24, 2.45) is 5.92 Å². The smallest absolute Gasteiger partial charge is 0.224 e. The standard InChI is InChI=1S/C20H30N2O2/c23-20(12-6-9-17-7-2-1-3-8-17)21-18-10-4-5-11-19(18)22-13-15-24-16-14-22/h4-5,10-11,17H,1-3,6-9,12-16H2,(H,21,23). The number of carbonyl (C=O) groups excluding carboxylic acids is 1. The summed E-state index contributed by atoms with van der Waals surface area (Å²) in [6.45, 7) is 3.27. The summed E-state index contributed by atoms with van der Waals surface area (Å²) in [6, 6.07) is 8.11. The van der Waals surface area contributed by atoms with E-state index in [1.54, 1.807) is 0 Å². The summed E-state index contributed by atoms with van der Waals surface area (Å²) in [5.41, 5.74) is 2.04. The molecule has 0 atom stereocenters. The van der Waals surface area contributed by atoms with Crippen molar-refractivity contribution < 1.29 is 9.53 Å². The molecule has 4 nitrogen and oxygen atoms in total. The molecule has 0 bridgehead atoms. The van der Waals surface area contributed by atoms with Crippen LogP contribution in [0.4, 0.5) is 11.4 Å². The SMILES string of the molecule is O=C(CCCC1CCCCC1)Nc1ccccc1N1CCOCC1. The lowest BCUT2D eigenvalue weighted by Crippen LogP contribution is -2.36. The third-order valence-electron chi connectivity index (χ3n) is 5.27. The van der Waals surface area contributed by atoms with Crippen LogP contribution in [0.15, 0.2) is 24.3 Å². The number of nitrogens with zero attached hydrogens (tertiary/aromatic N) is 1. The molecule has 1 heterocycles. The van der Waals surface area contributed by atoms with Gasteiger partial charge in [0.05, 0.1) is 24.6 Å². The van der Waals surface area contributed by atoms with E-state index in [1.807, 2.05) is 18.2 Å². The van der Waals surface area contributed by atoms with Gasteiger partial charge in [0, 0.05) is 19.5 Å². The van der Waals surface area contributed by atoms with Crippen LogP contribution in [0.3, 0.4) is 0 Å². The number of para-hydroxylation sites is 2. The number of hydrogen-bond donors (Lipinski definition) is 1. The molecular weight excluding hydrogens is 300 g/mol. The van der Waals surface area contributed by atoms with Gasteiger partial charge in [-0.3, -0.25) is 4.79 Å². The second-order valence-electron chi connectivity index (χ2n) is 7.06. The molecule has 2 aliphatic rings. The minimum absolute atomic E-state index is 0.145. The lowest BCUT2D eigenvalue weighted by Gasteiger charge is -2.30. The number of hydrogen-bond acceptors (Lipinski definition) is 3. The molecule has 0 unspecified atom stereocenters. The number of amides is 1. The van der Waals surface area contributed by atoms with E-state index >= 15 is 0 Å². The average molecular weight is 330 g/mol. The van der Waals surface area contributed by atoms with Crippen LogP contribution in [0.2, 0.25) is 0 Å². The molecule has 1 amide bonds. The van der Waals surface area contributed by atoms with E-state index in [2.05, 4.69) is 16.3 Å². The summed E-state index contributed by atoms with van der Waals surface area (Å²) in [7, 11) is 0. The van der Waals surface area contributed by atoms with Gasteiger partial charge in [-0.2, -0.15) is 0 Å². The first-order chi connectivity index (χ1) is 11.8. The Morgan fingerprint density at radius 1 is 1.12 bits per heavy atom. The van der Waals surface area contributed by atoms with E-state index in [0.29, 0.717) is 6.42 Å². The molecule has 0 radical (unpaired) electrons. The first kappa shape index (κ1) is 17.3. The van der Waals surface area contributed by atoms with Crippen molar-refractivity contribution >= 4 is 17.3 Å². The first-order valence-electron chi connectivity index (χ1n) is 9.54. The maximum absolute atomic E-state index is 12.3. The Labute approximate surface area is 145 Å². The van der Waals surface area contributed by atoms with E-state index in [1.165, 1.54) is 38.5 Å². The van der Waals surface area contributed by atoms with Gasteiger partial charge in [0.1, 0.15) is 0 Å². The molecule has 0 aromatic heterocycles. The van der Waals surface area contributed by atoms with Crippen molar-refractivity contribution in [2.75, 3.05) is 36.5 Å². The van der Waals surface area contributed by atoms with Crippen molar-refractivity contribution in [2.45, 2.75) is 51.4 Å². The van der Waals surface area contributed by atoms with Crippen LogP contribution in [0.5, 0.6) is 0 Å². The van der Waals surface area contributed by atoms with Gasteiger partial charge in [0.2, 0.25) is 5.91 Å². The van der Waals surface area contributed by atoms with Crippen LogP contribution >= 0.6 is 0 Å². The molecule has 0 spiro atoms. The van der Waals surface area contributed by atoms with Crippen LogP contribution in [0.1, 0.15) is 51.4 Å². The second-order valence-corrected chi connectivity index (χ2v) is 7.06. The molecule has 1 aromatic carbocycles. The normalized spacial score (nSPS) is 19.2. The quantitative estimate of drug-likeness (QED) is 0.849. The Morgan fingerprint density at radius 3 is 2.67 bits per heavy atom. The Morgan fingerprint density at radius 2 is 1.88 bits per heavy atom. The van der Waals surface area contributed by atoms with E-state index in [4.69, 9.17) is 4.74 Å². The zero-order valence-corrected chi connectivity index (χ0v) is 14.6. The summed E-state index contributed by atoms with van der Waals surface area (Å²) >= 11 is 0. The summed E-state index contributed by atoms with van der Waals surface area (Å²) in [6.07, 6.45) is 9.73. The van der Waals surface area contributed by atoms with Crippen LogP contribution in [-0.4, -0.2) is 32.2 Å². The van der Waals surface area contributed by atoms with Gasteiger partial charge in [-0.25, -0.2) is 0 Å². The molecule has 1 N–H and O–H groups in total. The van der Waals surface area contributed by atoms with E-state index in [0.717, 1.165) is 50.0 Å². The maximum atomic E-state index is 12.3. The Bertz CT molecular complexity index is 520. The molecule has 3 rings (SSSR count). The largest absolute Gasteiger partial charge is 0.378 e. The Balaban J connectivity index is 1.48. The predicted octanol–water partition coefficient (Wildman–Crippen LogP) is 4.21. The maximum Gasteiger partial charge on any atom is 0.224 e. The molecule has 1 saturated carbocycles. The highest BCUT2D eigenvalue weighted by atomic mass is 16.5. The second kappa shape index (κ2) is 9.07. The highest BCUT2D eigenvalue weighted by molar-refractivity contribution is 5.94. The minimum Gasteiger partial charge on any atom is -0.378 e. The number of nitrogens with one attached hydrogen (secondary N) is 1. The molecule has 1 aromatic rings. The first-order valence-corrected chi connectivity index (χ1v) is 9.54. The molecule has 1 aliphatic carbocycles. The molecular formula is C20H30N2O2. The predicted molar refractivity (Wildman–Crippen MR) is 98.5 cm³/mol. The van der Waals surface area contributed by atoms with Gasteiger partial charge in [0.15, 0.2) is 0 Å². The van der Waals surface area contributed by atoms with Crippen molar-refractivity contribution in [3.63, 3.8) is 0 Å². The van der Waals surface area contributed by atoms with Crippen LogP contribution in [0, 0.1) is 5.92 Å². The van der Waals surface area contributed by atoms with Crippen molar-refractivity contribution in [3.05, 3.63) is 24.3 Å². The molecule has 2 fully saturated rings. The fourth-order valence-corrected chi connectivity index (χ4v) is 3.90. The van der Waals surface area contributed by atoms with Gasteiger partial charge in [0.25, 0.3) is 0 Å². The highest BCUT2D eigenvalue weighted by Gasteiger charge is 2.16. The van der Waals surface area contributed by atoms with E-state index in [-0.39, 0.29) is 5.91 Å². The van der Waals surface area contributed by atoms with E-state index in [9.17, 15) is 4.79 Å². The van der Waals surface area contributed by atoms with Gasteiger partial charge >= 0.3 is 0 Å². The number of morpholine rings is 1. The molecule has 4 heteroatoms. The van der Waals surface area contributed by atoms with Gasteiger partial charge < -0.3 is 15.0 Å². The van der Waals surface area contributed by atoms with E-state index < -0.39 is 0 Å². The van der Waals surface area contributed by atoms with Crippen LogP contribution < -0.4 is 10.2 Å². The molecule has 1 saturated heterocycles. The summed E-state index contributed by atoms with van der Waals surface area (Å²) in [4.78, 5) is 14.6. The van der Waals surface area contributed by atoms with Gasteiger partial charge in [-0.05, 0) is 30.9 Å². The number of rotatable bonds is 6. The summed E-state index contributed by atoms with van der Waals surface area (Å²) < 4.78 is 5.42. The summed E-state index contributed by atoms with van der Waals surface area (Å²) in [5.74, 6) is 0.999. The zero-order chi connectivity index (χ0) is 16.6. The number of benzene rings is 1. The molecule has 24 heavy (non-hydrogen) atoms. The Hall–Kier alpha value is -1.55. The van der Waals surface area contributed by atoms with Gasteiger partial charge in [-0.15, -0.1) is 0 Å². The van der Waals surface area contributed by atoms with Gasteiger partial charge in [-0.1, -0.05) is 44.2 Å². The van der Waals surface area contributed by atoms with Crippen molar-refractivity contribution in [1.82, 2.24) is 0 Å². The number of ether oxygens (including phenoxy) is 1. The highest BCUT2D eigenvalue weighted by Crippen LogP contribution is 2.29. The fourth-order valence-electron chi connectivity index (χ4n) is 3.90. The monoisotopic (exact) mass is 330 g/mol. The summed E-state index contributed by atoms with van der Waals surface area (Å²) in [5, 5.41) is 3.12. The van der Waals surface area contributed by atoms with Crippen molar-refractivity contribution in [3.8, 4) is 0 Å². The Kier molecular flexibility index (Phi) is 6.53. The lowest BCUT2D eigenvalue weighted by atomic mass is 9.86. The minimum atomic E-state index is 0.145. The topological polar surface area (TPSA) is 41.6 Å². The number of carbonyl (C=O) groups is 1. The molecule has 132 valence electrons. The van der Waals surface area contributed by atoms with Crippen molar-refractivity contribution in [1.29, 1.82) is 0 Å². The van der Waals surface area contributed by atoms with Crippen LogP contribution in [-0.2, 0) is 9.53 Å². The molecule has 1 aliphatic heterocycles. The zero-order valence-electron chi connectivity index (χ0n) is 14.6.